The van der Waals surface area contributed by atoms with Crippen LogP contribution in [0.2, 0.25) is 5.02 Å². The van der Waals surface area contributed by atoms with Gasteiger partial charge >= 0.3 is 0 Å². The number of Topliss-reactive ketones (excluding diaryl/α,β-unsaturated/α-hetero) is 1. The molecule has 1 heterocycles. The van der Waals surface area contributed by atoms with Gasteiger partial charge in [0.15, 0.2) is 5.78 Å². The van der Waals surface area contributed by atoms with Crippen molar-refractivity contribution < 1.29 is 4.79 Å². The number of aromatic nitrogens is 4. The van der Waals surface area contributed by atoms with Gasteiger partial charge in [-0.1, -0.05) is 11.6 Å². The Bertz CT molecular complexity index is 535. The lowest BCUT2D eigenvalue weighted by Crippen LogP contribution is -2.16. The average molecular weight is 251 g/mol. The van der Waals surface area contributed by atoms with Gasteiger partial charge in [0.1, 0.15) is 6.04 Å². The number of rotatable bonds is 3. The summed E-state index contributed by atoms with van der Waals surface area (Å²) in [5.74, 6) is 0.472. The Morgan fingerprint density at radius 2 is 2.00 bits per heavy atom. The highest BCUT2D eigenvalue weighted by Gasteiger charge is 2.14. The Morgan fingerprint density at radius 3 is 2.59 bits per heavy atom. The molecule has 0 fully saturated rings. The first-order chi connectivity index (χ1) is 8.08. The molecule has 2 aromatic rings. The SMILES string of the molecule is CC(=O)[C@H](C)n1nnc(-c2ccc(Cl)cc2)n1. The van der Waals surface area contributed by atoms with Crippen LogP contribution >= 0.6 is 11.6 Å². The van der Waals surface area contributed by atoms with Crippen LogP contribution in [0.1, 0.15) is 19.9 Å². The standard InChI is InChI=1S/C11H11ClN4O/c1-7(8(2)17)16-14-11(13-15-16)9-3-5-10(12)6-4-9/h3-7H,1-2H3/t7-/m0/s1. The fraction of sp³-hybridized carbons (Fsp3) is 0.273. The van der Waals surface area contributed by atoms with Gasteiger partial charge in [-0.3, -0.25) is 4.79 Å². The van der Waals surface area contributed by atoms with Crippen molar-refractivity contribution >= 4 is 17.4 Å². The van der Waals surface area contributed by atoms with Crippen LogP contribution in [0.5, 0.6) is 0 Å². The number of carbonyl (C=O) groups is 1. The van der Waals surface area contributed by atoms with E-state index in [4.69, 9.17) is 11.6 Å². The van der Waals surface area contributed by atoms with Crippen molar-refractivity contribution in [2.75, 3.05) is 0 Å². The van der Waals surface area contributed by atoms with Crippen molar-refractivity contribution in [2.24, 2.45) is 0 Å². The van der Waals surface area contributed by atoms with Crippen LogP contribution in [0.15, 0.2) is 24.3 Å². The molecule has 0 N–H and O–H groups in total. The van der Waals surface area contributed by atoms with E-state index in [0.29, 0.717) is 10.8 Å². The van der Waals surface area contributed by atoms with Gasteiger partial charge in [0, 0.05) is 10.6 Å². The first-order valence-electron chi connectivity index (χ1n) is 5.14. The molecule has 0 aliphatic carbocycles. The molecule has 0 spiro atoms. The lowest BCUT2D eigenvalue weighted by atomic mass is 10.2. The molecule has 0 saturated carbocycles. The molecule has 5 nitrogen and oxygen atoms in total. The summed E-state index contributed by atoms with van der Waals surface area (Å²) in [5.41, 5.74) is 0.816. The number of ketones is 1. The zero-order valence-corrected chi connectivity index (χ0v) is 10.2. The first kappa shape index (κ1) is 11.7. The van der Waals surface area contributed by atoms with E-state index in [0.717, 1.165) is 5.56 Å². The highest BCUT2D eigenvalue weighted by atomic mass is 35.5. The predicted molar refractivity (Wildman–Crippen MR) is 63.7 cm³/mol. The molecular weight excluding hydrogens is 240 g/mol. The third-order valence-electron chi connectivity index (χ3n) is 2.47. The number of nitrogens with zero attached hydrogens (tertiary/aromatic N) is 4. The van der Waals surface area contributed by atoms with Crippen LogP contribution in [0.4, 0.5) is 0 Å². The Labute approximate surface area is 103 Å². The molecule has 0 saturated heterocycles. The van der Waals surface area contributed by atoms with Crippen molar-refractivity contribution in [1.29, 1.82) is 0 Å². The zero-order valence-electron chi connectivity index (χ0n) is 9.46. The minimum Gasteiger partial charge on any atom is -0.298 e. The van der Waals surface area contributed by atoms with Gasteiger partial charge in [-0.05, 0) is 43.3 Å². The van der Waals surface area contributed by atoms with Crippen LogP contribution in [-0.4, -0.2) is 26.0 Å². The Balaban J connectivity index is 2.29. The number of carbonyl (C=O) groups excluding carboxylic acids is 1. The molecule has 17 heavy (non-hydrogen) atoms. The molecule has 0 aliphatic rings. The van der Waals surface area contributed by atoms with Crippen LogP contribution in [-0.2, 0) is 4.79 Å². The number of tetrazole rings is 1. The summed E-state index contributed by atoms with van der Waals surface area (Å²) in [6.07, 6.45) is 0. The van der Waals surface area contributed by atoms with E-state index in [1.165, 1.54) is 11.7 Å². The molecule has 2 rings (SSSR count). The van der Waals surface area contributed by atoms with E-state index in [1.807, 2.05) is 12.1 Å². The Morgan fingerprint density at radius 1 is 1.35 bits per heavy atom. The van der Waals surface area contributed by atoms with Gasteiger partial charge in [-0.25, -0.2) is 0 Å². The second kappa shape index (κ2) is 4.63. The number of benzene rings is 1. The molecular formula is C11H11ClN4O. The van der Waals surface area contributed by atoms with E-state index in [1.54, 1.807) is 19.1 Å². The summed E-state index contributed by atoms with van der Waals surface area (Å²) < 4.78 is 0. The van der Waals surface area contributed by atoms with Crippen molar-refractivity contribution in [3.8, 4) is 11.4 Å². The van der Waals surface area contributed by atoms with E-state index in [9.17, 15) is 4.79 Å². The van der Waals surface area contributed by atoms with Gasteiger partial charge in [0.2, 0.25) is 5.82 Å². The monoisotopic (exact) mass is 250 g/mol. The van der Waals surface area contributed by atoms with Gasteiger partial charge in [0.05, 0.1) is 0 Å². The molecule has 1 atom stereocenters. The molecule has 0 aliphatic heterocycles. The molecule has 1 aromatic heterocycles. The van der Waals surface area contributed by atoms with Crippen molar-refractivity contribution in [3.63, 3.8) is 0 Å². The van der Waals surface area contributed by atoms with Crippen LogP contribution in [0.3, 0.4) is 0 Å². The predicted octanol–water partition coefficient (Wildman–Crippen LogP) is 2.14. The maximum absolute atomic E-state index is 11.2. The lowest BCUT2D eigenvalue weighted by Gasteiger charge is -2.03. The zero-order chi connectivity index (χ0) is 12.4. The van der Waals surface area contributed by atoms with Gasteiger partial charge in [0.25, 0.3) is 0 Å². The van der Waals surface area contributed by atoms with Gasteiger partial charge in [-0.2, -0.15) is 4.80 Å². The van der Waals surface area contributed by atoms with E-state index in [-0.39, 0.29) is 5.78 Å². The number of hydrogen-bond acceptors (Lipinski definition) is 4. The van der Waals surface area contributed by atoms with Gasteiger partial charge in [-0.15, -0.1) is 10.2 Å². The maximum Gasteiger partial charge on any atom is 0.204 e. The largest absolute Gasteiger partial charge is 0.298 e. The van der Waals surface area contributed by atoms with E-state index < -0.39 is 6.04 Å². The van der Waals surface area contributed by atoms with Crippen LogP contribution in [0, 0.1) is 0 Å². The van der Waals surface area contributed by atoms with E-state index in [2.05, 4.69) is 15.4 Å². The Kier molecular flexibility index (Phi) is 3.19. The third kappa shape index (κ3) is 2.50. The molecule has 88 valence electrons. The summed E-state index contributed by atoms with van der Waals surface area (Å²) in [5, 5.41) is 12.6. The number of halogens is 1. The van der Waals surface area contributed by atoms with E-state index >= 15 is 0 Å². The summed E-state index contributed by atoms with van der Waals surface area (Å²) >= 11 is 5.79. The maximum atomic E-state index is 11.2. The molecule has 0 unspecified atom stereocenters. The highest BCUT2D eigenvalue weighted by Crippen LogP contribution is 2.17. The summed E-state index contributed by atoms with van der Waals surface area (Å²) in [6, 6.07) is 6.73. The van der Waals surface area contributed by atoms with Crippen molar-refractivity contribution in [3.05, 3.63) is 29.3 Å². The van der Waals surface area contributed by atoms with Crippen molar-refractivity contribution in [2.45, 2.75) is 19.9 Å². The minimum absolute atomic E-state index is 0.00921. The van der Waals surface area contributed by atoms with Crippen molar-refractivity contribution in [1.82, 2.24) is 20.2 Å². The van der Waals surface area contributed by atoms with Crippen LogP contribution in [0.25, 0.3) is 11.4 Å². The molecule has 0 amide bonds. The highest BCUT2D eigenvalue weighted by molar-refractivity contribution is 6.30. The minimum atomic E-state index is -0.399. The third-order valence-corrected chi connectivity index (χ3v) is 2.72. The first-order valence-corrected chi connectivity index (χ1v) is 5.51. The lowest BCUT2D eigenvalue weighted by molar-refractivity contribution is -0.120. The molecule has 0 radical (unpaired) electrons. The van der Waals surface area contributed by atoms with Gasteiger partial charge < -0.3 is 0 Å². The number of hydrogen-bond donors (Lipinski definition) is 0. The fourth-order valence-corrected chi connectivity index (χ4v) is 1.39. The molecule has 6 heteroatoms. The average Bonchev–Trinajstić information content (AvgIpc) is 2.78. The normalized spacial score (nSPS) is 12.4. The quantitative estimate of drug-likeness (QED) is 0.837. The summed E-state index contributed by atoms with van der Waals surface area (Å²) in [7, 11) is 0. The second-order valence-corrected chi connectivity index (χ2v) is 4.16. The molecule has 1 aromatic carbocycles. The fourth-order valence-electron chi connectivity index (χ4n) is 1.27. The summed E-state index contributed by atoms with van der Waals surface area (Å²) in [4.78, 5) is 12.5. The molecule has 0 bridgehead atoms. The smallest absolute Gasteiger partial charge is 0.204 e. The summed E-state index contributed by atoms with van der Waals surface area (Å²) in [6.45, 7) is 3.23. The van der Waals surface area contributed by atoms with Crippen LogP contribution < -0.4 is 0 Å². The topological polar surface area (TPSA) is 60.7 Å². The Hall–Kier alpha value is -1.75. The second-order valence-electron chi connectivity index (χ2n) is 3.73.